The van der Waals surface area contributed by atoms with Crippen molar-refractivity contribution in [2.45, 2.75) is 31.5 Å². The van der Waals surface area contributed by atoms with Gasteiger partial charge in [-0.05, 0) is 47.3 Å². The molecule has 1 aliphatic carbocycles. The maximum Gasteiger partial charge on any atom is 0.490 e. The van der Waals surface area contributed by atoms with Crippen molar-refractivity contribution in [2.75, 3.05) is 5.32 Å². The van der Waals surface area contributed by atoms with Crippen LogP contribution in [0.15, 0.2) is 22.9 Å². The van der Waals surface area contributed by atoms with Gasteiger partial charge in [0.2, 0.25) is 0 Å². The molecular weight excluding hydrogens is 329 g/mol. The van der Waals surface area contributed by atoms with Gasteiger partial charge >= 0.3 is 12.1 Å². The van der Waals surface area contributed by atoms with Crippen LogP contribution in [-0.2, 0) is 4.79 Å². The average molecular weight is 341 g/mol. The second-order valence-corrected chi connectivity index (χ2v) is 4.75. The Morgan fingerprint density at radius 2 is 2.05 bits per heavy atom. The Balaban J connectivity index is 0.000000224. The van der Waals surface area contributed by atoms with Crippen LogP contribution in [0.5, 0.6) is 0 Å². The number of nitrogens with one attached hydrogen (secondary N) is 1. The summed E-state index contributed by atoms with van der Waals surface area (Å²) in [5.41, 5.74) is 1.17. The second-order valence-electron chi connectivity index (χ2n) is 3.94. The minimum atomic E-state index is -5.08. The number of nitrogens with zero attached hydrogens (tertiary/aromatic N) is 1. The van der Waals surface area contributed by atoms with Crippen LogP contribution in [0, 0.1) is 0 Å². The molecule has 0 atom stereocenters. The number of carbonyl (C=O) groups is 1. The molecule has 0 unspecified atom stereocenters. The molecule has 1 aromatic rings. The molecule has 2 N–H and O–H groups in total. The van der Waals surface area contributed by atoms with E-state index in [0.29, 0.717) is 6.04 Å². The molecule has 0 aliphatic heterocycles. The molecule has 1 fully saturated rings. The lowest BCUT2D eigenvalue weighted by atomic mass is 9.93. The predicted octanol–water partition coefficient (Wildman–Crippen LogP) is 3.44. The molecule has 1 aliphatic rings. The van der Waals surface area contributed by atoms with Crippen LogP contribution in [0.2, 0.25) is 0 Å². The fraction of sp³-hybridized carbons (Fsp3) is 0.455. The van der Waals surface area contributed by atoms with Crippen molar-refractivity contribution < 1.29 is 23.1 Å². The van der Waals surface area contributed by atoms with E-state index in [4.69, 9.17) is 9.90 Å². The van der Waals surface area contributed by atoms with Crippen molar-refractivity contribution >= 4 is 27.6 Å². The van der Waals surface area contributed by atoms with Gasteiger partial charge in [0, 0.05) is 17.9 Å². The fourth-order valence-corrected chi connectivity index (χ4v) is 1.65. The summed E-state index contributed by atoms with van der Waals surface area (Å²) in [5.74, 6) is -2.76. The molecule has 1 heterocycles. The van der Waals surface area contributed by atoms with Crippen molar-refractivity contribution in [2.24, 2.45) is 0 Å². The zero-order valence-electron chi connectivity index (χ0n) is 9.75. The molecule has 106 valence electrons. The smallest absolute Gasteiger partial charge is 0.475 e. The third-order valence-electron chi connectivity index (χ3n) is 2.45. The van der Waals surface area contributed by atoms with Crippen molar-refractivity contribution in [3.63, 3.8) is 0 Å². The zero-order valence-corrected chi connectivity index (χ0v) is 11.3. The van der Waals surface area contributed by atoms with Crippen LogP contribution < -0.4 is 5.32 Å². The quantitative estimate of drug-likeness (QED) is 0.809. The van der Waals surface area contributed by atoms with E-state index >= 15 is 0 Å². The lowest BCUT2D eigenvalue weighted by molar-refractivity contribution is -0.192. The molecule has 1 saturated carbocycles. The highest BCUT2D eigenvalue weighted by Crippen LogP contribution is 2.23. The van der Waals surface area contributed by atoms with E-state index < -0.39 is 12.1 Å². The summed E-state index contributed by atoms with van der Waals surface area (Å²) in [6, 6.07) is 4.71. The Morgan fingerprint density at radius 1 is 1.47 bits per heavy atom. The molecule has 0 aromatic carbocycles. The normalized spacial score (nSPS) is 14.9. The number of aromatic nitrogens is 1. The average Bonchev–Trinajstić information content (AvgIpc) is 2.23. The first kappa shape index (κ1) is 15.7. The van der Waals surface area contributed by atoms with Crippen LogP contribution in [-0.4, -0.2) is 28.3 Å². The molecule has 1 aromatic heterocycles. The van der Waals surface area contributed by atoms with E-state index in [0.717, 1.165) is 4.60 Å². The highest BCUT2D eigenvalue weighted by Gasteiger charge is 2.38. The third-order valence-corrected chi connectivity index (χ3v) is 2.88. The van der Waals surface area contributed by atoms with Gasteiger partial charge in [-0.1, -0.05) is 0 Å². The first-order valence-electron chi connectivity index (χ1n) is 5.47. The summed E-state index contributed by atoms with van der Waals surface area (Å²) in [6.07, 6.45) is 0.703. The Kier molecular flexibility index (Phi) is 5.59. The van der Waals surface area contributed by atoms with E-state index in [1.165, 1.54) is 24.9 Å². The second kappa shape index (κ2) is 6.74. The van der Waals surface area contributed by atoms with Gasteiger partial charge < -0.3 is 10.4 Å². The topological polar surface area (TPSA) is 62.2 Å². The van der Waals surface area contributed by atoms with Crippen LogP contribution in [0.4, 0.5) is 18.9 Å². The largest absolute Gasteiger partial charge is 0.490 e. The number of carboxylic acid groups (broad SMARTS) is 1. The fourth-order valence-electron chi connectivity index (χ4n) is 1.28. The van der Waals surface area contributed by atoms with Crippen molar-refractivity contribution in [1.29, 1.82) is 0 Å². The number of anilines is 1. The zero-order chi connectivity index (χ0) is 14.5. The van der Waals surface area contributed by atoms with E-state index in [2.05, 4.69) is 26.2 Å². The molecule has 0 radical (unpaired) electrons. The maximum atomic E-state index is 10.6. The number of rotatable bonds is 2. The first-order valence-corrected chi connectivity index (χ1v) is 6.26. The summed E-state index contributed by atoms with van der Waals surface area (Å²) in [4.78, 5) is 13.0. The van der Waals surface area contributed by atoms with Gasteiger partial charge in [-0.25, -0.2) is 9.78 Å². The van der Waals surface area contributed by atoms with Gasteiger partial charge in [-0.2, -0.15) is 13.2 Å². The molecule has 0 spiro atoms. The van der Waals surface area contributed by atoms with Gasteiger partial charge in [0.15, 0.2) is 0 Å². The van der Waals surface area contributed by atoms with Crippen LogP contribution >= 0.6 is 15.9 Å². The molecule has 19 heavy (non-hydrogen) atoms. The van der Waals surface area contributed by atoms with Crippen molar-refractivity contribution in [3.05, 3.63) is 22.9 Å². The van der Waals surface area contributed by atoms with Crippen molar-refractivity contribution in [3.8, 4) is 0 Å². The highest BCUT2D eigenvalue weighted by molar-refractivity contribution is 9.10. The predicted molar refractivity (Wildman–Crippen MR) is 66.9 cm³/mol. The number of pyridine rings is 1. The lowest BCUT2D eigenvalue weighted by Gasteiger charge is -2.27. The van der Waals surface area contributed by atoms with Gasteiger partial charge in [0.05, 0.1) is 0 Å². The summed E-state index contributed by atoms with van der Waals surface area (Å²) in [7, 11) is 0. The monoisotopic (exact) mass is 340 g/mol. The molecule has 2 rings (SSSR count). The number of hydrogen-bond acceptors (Lipinski definition) is 3. The van der Waals surface area contributed by atoms with Crippen LogP contribution in [0.25, 0.3) is 0 Å². The SMILES string of the molecule is Brc1cc(NC2CCC2)ccn1.O=C(O)C(F)(F)F. The summed E-state index contributed by atoms with van der Waals surface area (Å²) in [5, 5.41) is 10.6. The number of carboxylic acids is 1. The number of hydrogen-bond donors (Lipinski definition) is 2. The van der Waals surface area contributed by atoms with Crippen LogP contribution in [0.1, 0.15) is 19.3 Å². The third kappa shape index (κ3) is 5.91. The van der Waals surface area contributed by atoms with Crippen molar-refractivity contribution in [1.82, 2.24) is 4.98 Å². The van der Waals surface area contributed by atoms with Gasteiger partial charge in [-0.3, -0.25) is 0 Å². The van der Waals surface area contributed by atoms with Gasteiger partial charge in [0.1, 0.15) is 4.60 Å². The minimum Gasteiger partial charge on any atom is -0.475 e. The van der Waals surface area contributed by atoms with E-state index in [9.17, 15) is 13.2 Å². The molecule has 8 heteroatoms. The summed E-state index contributed by atoms with van der Waals surface area (Å²) >= 11 is 3.34. The molecule has 0 bridgehead atoms. The Hall–Kier alpha value is -1.31. The Bertz CT molecular complexity index is 436. The summed E-state index contributed by atoms with van der Waals surface area (Å²) < 4.78 is 32.6. The molecule has 0 saturated heterocycles. The van der Waals surface area contributed by atoms with Gasteiger partial charge in [-0.15, -0.1) is 0 Å². The molecule has 4 nitrogen and oxygen atoms in total. The Labute approximate surface area is 116 Å². The highest BCUT2D eigenvalue weighted by atomic mass is 79.9. The van der Waals surface area contributed by atoms with Crippen LogP contribution in [0.3, 0.4) is 0 Å². The van der Waals surface area contributed by atoms with Gasteiger partial charge in [0.25, 0.3) is 0 Å². The lowest BCUT2D eigenvalue weighted by Crippen LogP contribution is -2.26. The summed E-state index contributed by atoms with van der Waals surface area (Å²) in [6.45, 7) is 0. The van der Waals surface area contributed by atoms with E-state index in [1.54, 1.807) is 0 Å². The maximum absolute atomic E-state index is 10.6. The number of alkyl halides is 3. The molecular formula is C11H12BrF3N2O2. The minimum absolute atomic E-state index is 0.694. The van der Waals surface area contributed by atoms with E-state index in [1.807, 2.05) is 18.3 Å². The molecule has 0 amide bonds. The Morgan fingerprint density at radius 3 is 2.42 bits per heavy atom. The first-order chi connectivity index (χ1) is 8.79. The van der Waals surface area contributed by atoms with E-state index in [-0.39, 0.29) is 0 Å². The standard InChI is InChI=1S/C9H11BrN2.C2HF3O2/c10-9-6-8(4-5-11-9)12-7-2-1-3-7;3-2(4,5)1(6)7/h4-7H,1-3H2,(H,11,12);(H,6,7). The number of aliphatic carboxylic acids is 1. The number of halogens is 4.